The highest BCUT2D eigenvalue weighted by molar-refractivity contribution is 6.06. The molecule has 1 N–H and O–H groups in total. The van der Waals surface area contributed by atoms with E-state index in [9.17, 15) is 4.39 Å². The van der Waals surface area contributed by atoms with Crippen LogP contribution in [0.25, 0.3) is 0 Å². The van der Waals surface area contributed by atoms with Gasteiger partial charge >= 0.3 is 0 Å². The van der Waals surface area contributed by atoms with Gasteiger partial charge in [0.05, 0.1) is 5.71 Å². The fraction of sp³-hybridized carbons (Fsp3) is 0.667. The number of aliphatic imine (C=N–C) groups is 1. The van der Waals surface area contributed by atoms with Crippen LogP contribution in [-0.4, -0.2) is 18.6 Å². The number of hydrogen-bond donors (Lipinski definition) is 1. The molecule has 1 aliphatic heterocycles. The molecule has 2 rings (SSSR count). The van der Waals surface area contributed by atoms with Crippen molar-refractivity contribution in [2.45, 2.75) is 26.4 Å². The molecule has 1 saturated carbocycles. The summed E-state index contributed by atoms with van der Waals surface area (Å²) in [5.41, 5.74) is 2.90. The number of alkyl halides is 1. The quantitative estimate of drug-likeness (QED) is 0.584. The number of halogens is 1. The number of hydrogen-bond acceptors (Lipinski definition) is 2. The first-order chi connectivity index (χ1) is 5.70. The molecular formula is C9H13FN2. The minimum atomic E-state index is -0.827. The van der Waals surface area contributed by atoms with Crippen molar-refractivity contribution >= 4 is 5.71 Å². The predicted octanol–water partition coefficient (Wildman–Crippen LogP) is 1.64. The van der Waals surface area contributed by atoms with Crippen LogP contribution < -0.4 is 5.32 Å². The maximum absolute atomic E-state index is 13.3. The van der Waals surface area contributed by atoms with Crippen molar-refractivity contribution in [2.75, 3.05) is 6.67 Å². The molecule has 1 fully saturated rings. The van der Waals surface area contributed by atoms with Gasteiger partial charge in [-0.1, -0.05) is 6.92 Å². The molecule has 3 heteroatoms. The lowest BCUT2D eigenvalue weighted by Crippen LogP contribution is -2.25. The van der Waals surface area contributed by atoms with Gasteiger partial charge in [0.2, 0.25) is 0 Å². The Labute approximate surface area is 71.6 Å². The average molecular weight is 168 g/mol. The van der Waals surface area contributed by atoms with E-state index in [4.69, 9.17) is 0 Å². The largest absolute Gasteiger partial charge is 0.370 e. The zero-order valence-electron chi connectivity index (χ0n) is 7.39. The molecule has 0 aromatic carbocycles. The highest BCUT2D eigenvalue weighted by Gasteiger charge is 2.35. The lowest BCUT2D eigenvalue weighted by atomic mass is 10.0. The molecule has 66 valence electrons. The molecule has 1 aliphatic carbocycles. The summed E-state index contributed by atoms with van der Waals surface area (Å²) in [7, 11) is 0. The van der Waals surface area contributed by atoms with Crippen LogP contribution in [-0.2, 0) is 0 Å². The molecule has 0 spiro atoms. The summed E-state index contributed by atoms with van der Waals surface area (Å²) < 4.78 is 13.3. The molecule has 0 radical (unpaired) electrons. The Balaban J connectivity index is 2.43. The third kappa shape index (κ3) is 0.958. The number of rotatable bonds is 0. The highest BCUT2D eigenvalue weighted by Crippen LogP contribution is 2.33. The van der Waals surface area contributed by atoms with Gasteiger partial charge in [0.15, 0.2) is 0 Å². The Morgan fingerprint density at radius 3 is 3.00 bits per heavy atom. The fourth-order valence-electron chi connectivity index (χ4n) is 2.05. The Bertz CT molecular complexity index is 268. The first kappa shape index (κ1) is 7.77. The number of nitrogens with one attached hydrogen (secondary N) is 1. The minimum absolute atomic E-state index is 0.326. The average Bonchev–Trinajstić information content (AvgIpc) is 2.29. The summed E-state index contributed by atoms with van der Waals surface area (Å²) in [6.45, 7) is 4.59. The van der Waals surface area contributed by atoms with Gasteiger partial charge in [0.25, 0.3) is 0 Å². The Hall–Kier alpha value is -0.860. The third-order valence-corrected chi connectivity index (χ3v) is 2.62. The minimum Gasteiger partial charge on any atom is -0.370 e. The van der Waals surface area contributed by atoms with Crippen LogP contribution in [0, 0.1) is 5.92 Å². The molecule has 0 unspecified atom stereocenters. The molecule has 0 saturated heterocycles. The van der Waals surface area contributed by atoms with E-state index >= 15 is 0 Å². The maximum Gasteiger partial charge on any atom is 0.142 e. The first-order valence-corrected chi connectivity index (χ1v) is 4.33. The van der Waals surface area contributed by atoms with E-state index in [1.54, 1.807) is 0 Å². The van der Waals surface area contributed by atoms with Crippen LogP contribution in [0.5, 0.6) is 0 Å². The molecule has 2 nitrogen and oxygen atoms in total. The van der Waals surface area contributed by atoms with E-state index in [2.05, 4.69) is 17.2 Å². The van der Waals surface area contributed by atoms with E-state index in [1.807, 2.05) is 6.92 Å². The summed E-state index contributed by atoms with van der Waals surface area (Å²) in [6, 6.07) is 0. The molecule has 2 atom stereocenters. The Morgan fingerprint density at radius 1 is 1.58 bits per heavy atom. The van der Waals surface area contributed by atoms with Crippen LogP contribution in [0.1, 0.15) is 20.3 Å². The zero-order valence-corrected chi connectivity index (χ0v) is 7.39. The van der Waals surface area contributed by atoms with Gasteiger partial charge in [-0.05, 0) is 24.8 Å². The topological polar surface area (TPSA) is 24.4 Å². The SMILES string of the molecule is CC1=C2C(=NCN1)[C@H](F)C[C@H]2C. The highest BCUT2D eigenvalue weighted by atomic mass is 19.1. The van der Waals surface area contributed by atoms with Gasteiger partial charge < -0.3 is 5.32 Å². The van der Waals surface area contributed by atoms with Crippen LogP contribution in [0.2, 0.25) is 0 Å². The molecular weight excluding hydrogens is 155 g/mol. The summed E-state index contributed by atoms with van der Waals surface area (Å²) in [5.74, 6) is 0.326. The second kappa shape index (κ2) is 2.57. The van der Waals surface area contributed by atoms with Gasteiger partial charge in [-0.15, -0.1) is 0 Å². The summed E-state index contributed by atoms with van der Waals surface area (Å²) in [4.78, 5) is 4.15. The van der Waals surface area contributed by atoms with Gasteiger partial charge in [0.1, 0.15) is 12.8 Å². The fourth-order valence-corrected chi connectivity index (χ4v) is 2.05. The third-order valence-electron chi connectivity index (χ3n) is 2.62. The standard InChI is InChI=1S/C9H13FN2/c1-5-3-7(10)9-8(5)6(2)11-4-12-9/h5,7,11H,3-4H2,1-2H3/t5-,7-/m1/s1. The van der Waals surface area contributed by atoms with E-state index in [0.29, 0.717) is 24.7 Å². The van der Waals surface area contributed by atoms with Gasteiger partial charge in [-0.2, -0.15) is 0 Å². The van der Waals surface area contributed by atoms with E-state index in [0.717, 1.165) is 11.3 Å². The second-order valence-electron chi connectivity index (χ2n) is 3.52. The number of allylic oxidation sites excluding steroid dienone is 2. The normalized spacial score (nSPS) is 34.4. The van der Waals surface area contributed by atoms with Crippen molar-refractivity contribution in [1.29, 1.82) is 0 Å². The number of fused-ring (bicyclic) bond motifs is 1. The molecule has 12 heavy (non-hydrogen) atoms. The molecule has 0 aromatic rings. The van der Waals surface area contributed by atoms with Crippen molar-refractivity contribution in [3.05, 3.63) is 11.3 Å². The lowest BCUT2D eigenvalue weighted by molar-refractivity contribution is 0.395. The van der Waals surface area contributed by atoms with E-state index in [1.165, 1.54) is 0 Å². The maximum atomic E-state index is 13.3. The van der Waals surface area contributed by atoms with E-state index < -0.39 is 6.17 Å². The molecule has 0 bridgehead atoms. The molecule has 2 aliphatic rings. The molecule has 0 amide bonds. The van der Waals surface area contributed by atoms with Crippen molar-refractivity contribution in [3.8, 4) is 0 Å². The Morgan fingerprint density at radius 2 is 2.33 bits per heavy atom. The smallest absolute Gasteiger partial charge is 0.142 e. The Kier molecular flexibility index (Phi) is 1.67. The van der Waals surface area contributed by atoms with Crippen molar-refractivity contribution < 1.29 is 4.39 Å². The van der Waals surface area contributed by atoms with Gasteiger partial charge in [0, 0.05) is 5.70 Å². The molecule has 1 heterocycles. The van der Waals surface area contributed by atoms with E-state index in [-0.39, 0.29) is 0 Å². The lowest BCUT2D eigenvalue weighted by Gasteiger charge is -2.17. The van der Waals surface area contributed by atoms with Crippen LogP contribution in [0.3, 0.4) is 0 Å². The van der Waals surface area contributed by atoms with Crippen LogP contribution in [0.4, 0.5) is 4.39 Å². The van der Waals surface area contributed by atoms with Crippen molar-refractivity contribution in [2.24, 2.45) is 10.9 Å². The van der Waals surface area contributed by atoms with Crippen molar-refractivity contribution in [3.63, 3.8) is 0 Å². The summed E-state index contributed by atoms with van der Waals surface area (Å²) in [6.07, 6.45) is -0.222. The monoisotopic (exact) mass is 168 g/mol. The molecule has 0 aromatic heterocycles. The van der Waals surface area contributed by atoms with Crippen LogP contribution in [0.15, 0.2) is 16.3 Å². The van der Waals surface area contributed by atoms with Crippen LogP contribution >= 0.6 is 0 Å². The second-order valence-corrected chi connectivity index (χ2v) is 3.52. The van der Waals surface area contributed by atoms with Gasteiger partial charge in [-0.25, -0.2) is 4.39 Å². The summed E-state index contributed by atoms with van der Waals surface area (Å²) in [5, 5.41) is 3.13. The number of nitrogens with zero attached hydrogens (tertiary/aromatic N) is 1. The van der Waals surface area contributed by atoms with Gasteiger partial charge in [-0.3, -0.25) is 4.99 Å². The van der Waals surface area contributed by atoms with Crippen molar-refractivity contribution in [1.82, 2.24) is 5.32 Å². The summed E-state index contributed by atoms with van der Waals surface area (Å²) >= 11 is 0. The zero-order chi connectivity index (χ0) is 8.72. The predicted molar refractivity (Wildman–Crippen MR) is 46.8 cm³/mol. The first-order valence-electron chi connectivity index (χ1n) is 4.33.